The molecule has 1 saturated heterocycles. The first-order chi connectivity index (χ1) is 15.8. The van der Waals surface area contributed by atoms with Crippen LogP contribution in [0.15, 0.2) is 42.7 Å². The Labute approximate surface area is 194 Å². The predicted molar refractivity (Wildman–Crippen MR) is 129 cm³/mol. The smallest absolute Gasteiger partial charge is 0.219 e. The van der Waals surface area contributed by atoms with E-state index in [1.807, 2.05) is 35.4 Å². The number of amides is 1. The molecule has 0 aliphatic carbocycles. The van der Waals surface area contributed by atoms with E-state index in [2.05, 4.69) is 20.8 Å². The third-order valence-electron chi connectivity index (χ3n) is 6.09. The maximum Gasteiger partial charge on any atom is 0.219 e. The summed E-state index contributed by atoms with van der Waals surface area (Å²) in [6.07, 6.45) is 7.32. The van der Waals surface area contributed by atoms with Crippen LogP contribution in [0.4, 0.5) is 0 Å². The molecule has 1 fully saturated rings. The van der Waals surface area contributed by atoms with Crippen LogP contribution >= 0.6 is 0 Å². The quantitative estimate of drug-likeness (QED) is 0.527. The van der Waals surface area contributed by atoms with Gasteiger partial charge in [0.2, 0.25) is 15.9 Å². The van der Waals surface area contributed by atoms with Gasteiger partial charge in [-0.05, 0) is 42.4 Å². The van der Waals surface area contributed by atoms with Crippen molar-refractivity contribution < 1.29 is 17.9 Å². The Morgan fingerprint density at radius 3 is 2.79 bits per heavy atom. The molecule has 0 unspecified atom stereocenters. The van der Waals surface area contributed by atoms with Gasteiger partial charge in [-0.15, -0.1) is 0 Å². The molecule has 9 heteroatoms. The molecule has 3 heterocycles. The molecule has 176 valence electrons. The number of nitrogens with zero attached hydrogens (tertiary/aromatic N) is 2. The molecular formula is C24H30N4O4S. The molecule has 0 bridgehead atoms. The number of fused-ring (bicyclic) bond motifs is 1. The molecule has 3 aromatic rings. The number of piperidine rings is 1. The summed E-state index contributed by atoms with van der Waals surface area (Å²) >= 11 is 0. The Morgan fingerprint density at radius 2 is 2.06 bits per heavy atom. The number of ether oxygens (including phenoxy) is 1. The molecule has 1 amide bonds. The maximum absolute atomic E-state index is 11.6. The van der Waals surface area contributed by atoms with Gasteiger partial charge < -0.3 is 14.6 Å². The molecule has 2 N–H and O–H groups in total. The minimum Gasteiger partial charge on any atom is -0.492 e. The number of carbonyl (C=O) groups is 1. The van der Waals surface area contributed by atoms with Crippen LogP contribution in [0.5, 0.6) is 5.75 Å². The zero-order valence-corrected chi connectivity index (χ0v) is 19.8. The number of aromatic amines is 1. The molecule has 0 spiro atoms. The lowest BCUT2D eigenvalue weighted by molar-refractivity contribution is -0.130. The first kappa shape index (κ1) is 23.3. The van der Waals surface area contributed by atoms with Crippen molar-refractivity contribution in [1.82, 2.24) is 19.6 Å². The third kappa shape index (κ3) is 5.91. The fraction of sp³-hybridized carbons (Fsp3) is 0.417. The largest absolute Gasteiger partial charge is 0.492 e. The van der Waals surface area contributed by atoms with E-state index < -0.39 is 10.0 Å². The van der Waals surface area contributed by atoms with E-state index in [9.17, 15) is 13.2 Å². The van der Waals surface area contributed by atoms with E-state index in [0.29, 0.717) is 25.5 Å². The Bertz CT molecular complexity index is 1230. The highest BCUT2D eigenvalue weighted by Crippen LogP contribution is 2.35. The van der Waals surface area contributed by atoms with Crippen LogP contribution in [0.1, 0.15) is 25.3 Å². The standard InChI is InChI=1S/C24H30N4O4S/c1-17(29)28-12-8-19(9-13-28)16-32-22-7-10-25-24-23(22)21(15-26-24)20-5-3-4-18(14-20)6-11-27-33(2,30)31/h3-5,7,10,14-15,19,27H,6,8-9,11-13,16H2,1-2H3,(H,25,26). The van der Waals surface area contributed by atoms with Crippen LogP contribution < -0.4 is 9.46 Å². The Morgan fingerprint density at radius 1 is 1.27 bits per heavy atom. The fourth-order valence-corrected chi connectivity index (χ4v) is 4.74. The summed E-state index contributed by atoms with van der Waals surface area (Å²) in [6, 6.07) is 9.96. The van der Waals surface area contributed by atoms with Crippen molar-refractivity contribution in [1.29, 1.82) is 0 Å². The number of hydrogen-bond donors (Lipinski definition) is 2. The van der Waals surface area contributed by atoms with Crippen molar-refractivity contribution >= 4 is 27.0 Å². The van der Waals surface area contributed by atoms with Gasteiger partial charge in [-0.25, -0.2) is 18.1 Å². The molecule has 2 aromatic heterocycles. The van der Waals surface area contributed by atoms with Crippen LogP contribution in [0.25, 0.3) is 22.2 Å². The normalized spacial score (nSPS) is 15.2. The van der Waals surface area contributed by atoms with E-state index >= 15 is 0 Å². The molecule has 8 nitrogen and oxygen atoms in total. The molecule has 0 atom stereocenters. The number of hydrogen-bond acceptors (Lipinski definition) is 5. The summed E-state index contributed by atoms with van der Waals surface area (Å²) in [7, 11) is -3.20. The van der Waals surface area contributed by atoms with Gasteiger partial charge in [0, 0.05) is 44.5 Å². The number of H-pyrrole nitrogens is 1. The topological polar surface area (TPSA) is 104 Å². The van der Waals surface area contributed by atoms with Crippen molar-refractivity contribution in [2.24, 2.45) is 5.92 Å². The Kier molecular flexibility index (Phi) is 6.99. The molecule has 4 rings (SSSR count). The average molecular weight is 471 g/mol. The first-order valence-corrected chi connectivity index (χ1v) is 13.1. The zero-order chi connectivity index (χ0) is 23.4. The summed E-state index contributed by atoms with van der Waals surface area (Å²) in [4.78, 5) is 21.1. The van der Waals surface area contributed by atoms with Crippen molar-refractivity contribution in [3.8, 4) is 16.9 Å². The van der Waals surface area contributed by atoms with Crippen molar-refractivity contribution in [2.75, 3.05) is 32.5 Å². The number of likely N-dealkylation sites (tertiary alicyclic amines) is 1. The van der Waals surface area contributed by atoms with Gasteiger partial charge >= 0.3 is 0 Å². The van der Waals surface area contributed by atoms with Crippen molar-refractivity contribution in [3.63, 3.8) is 0 Å². The molecule has 33 heavy (non-hydrogen) atoms. The summed E-state index contributed by atoms with van der Waals surface area (Å²) in [5.74, 6) is 1.34. The van der Waals surface area contributed by atoms with E-state index in [-0.39, 0.29) is 5.91 Å². The van der Waals surface area contributed by atoms with Crippen LogP contribution in [0.3, 0.4) is 0 Å². The lowest BCUT2D eigenvalue weighted by atomic mass is 9.97. The minimum absolute atomic E-state index is 0.136. The predicted octanol–water partition coefficient (Wildman–Crippen LogP) is 2.96. The van der Waals surface area contributed by atoms with Crippen molar-refractivity contribution in [3.05, 3.63) is 48.3 Å². The zero-order valence-electron chi connectivity index (χ0n) is 19.0. The second-order valence-corrected chi connectivity index (χ2v) is 10.4. The van der Waals surface area contributed by atoms with Gasteiger partial charge in [0.15, 0.2) is 0 Å². The van der Waals surface area contributed by atoms with Gasteiger partial charge in [0.25, 0.3) is 0 Å². The van der Waals surface area contributed by atoms with E-state index in [1.165, 1.54) is 0 Å². The van der Waals surface area contributed by atoms with Gasteiger partial charge in [-0.3, -0.25) is 4.79 Å². The number of sulfonamides is 1. The van der Waals surface area contributed by atoms with Gasteiger partial charge in [0.05, 0.1) is 18.2 Å². The Hall–Kier alpha value is -2.91. The molecule has 0 radical (unpaired) electrons. The molecule has 1 aromatic carbocycles. The number of aromatic nitrogens is 2. The van der Waals surface area contributed by atoms with Crippen LogP contribution in [-0.4, -0.2) is 61.7 Å². The summed E-state index contributed by atoms with van der Waals surface area (Å²) < 4.78 is 31.5. The monoisotopic (exact) mass is 470 g/mol. The minimum atomic E-state index is -3.20. The SMILES string of the molecule is CC(=O)N1CCC(COc2ccnc3[nH]cc(-c4cccc(CCNS(C)(=O)=O)c4)c23)CC1. The molecular weight excluding hydrogens is 440 g/mol. The van der Waals surface area contributed by atoms with Gasteiger partial charge in [-0.1, -0.05) is 24.3 Å². The lowest BCUT2D eigenvalue weighted by Crippen LogP contribution is -2.38. The highest BCUT2D eigenvalue weighted by atomic mass is 32.2. The highest BCUT2D eigenvalue weighted by Gasteiger charge is 2.22. The fourth-order valence-electron chi connectivity index (χ4n) is 4.27. The molecule has 1 aliphatic rings. The number of benzene rings is 1. The Balaban J connectivity index is 1.50. The highest BCUT2D eigenvalue weighted by molar-refractivity contribution is 7.88. The van der Waals surface area contributed by atoms with Gasteiger partial charge in [-0.2, -0.15) is 0 Å². The molecule has 0 saturated carbocycles. The first-order valence-electron chi connectivity index (χ1n) is 11.2. The maximum atomic E-state index is 11.6. The van der Waals surface area contributed by atoms with E-state index in [0.717, 1.165) is 65.7 Å². The summed E-state index contributed by atoms with van der Waals surface area (Å²) in [6.45, 7) is 4.15. The lowest BCUT2D eigenvalue weighted by Gasteiger charge is -2.31. The van der Waals surface area contributed by atoms with E-state index in [4.69, 9.17) is 4.74 Å². The number of rotatable bonds is 8. The summed E-state index contributed by atoms with van der Waals surface area (Å²) in [5.41, 5.74) is 3.82. The number of nitrogens with one attached hydrogen (secondary N) is 2. The number of pyridine rings is 1. The second-order valence-electron chi connectivity index (χ2n) is 8.61. The molecule has 1 aliphatic heterocycles. The second kappa shape index (κ2) is 9.93. The van der Waals surface area contributed by atoms with Crippen LogP contribution in [-0.2, 0) is 21.2 Å². The summed E-state index contributed by atoms with van der Waals surface area (Å²) in [5, 5.41) is 0.935. The van der Waals surface area contributed by atoms with Crippen LogP contribution in [0, 0.1) is 5.92 Å². The van der Waals surface area contributed by atoms with E-state index in [1.54, 1.807) is 13.1 Å². The third-order valence-corrected chi connectivity index (χ3v) is 6.81. The number of carbonyl (C=O) groups excluding carboxylic acids is 1. The average Bonchev–Trinajstić information content (AvgIpc) is 3.22. The van der Waals surface area contributed by atoms with Crippen molar-refractivity contribution in [2.45, 2.75) is 26.2 Å². The van der Waals surface area contributed by atoms with Crippen LogP contribution in [0.2, 0.25) is 0 Å². The van der Waals surface area contributed by atoms with Gasteiger partial charge in [0.1, 0.15) is 11.4 Å².